The van der Waals surface area contributed by atoms with E-state index in [0.717, 1.165) is 8.28 Å². The molecule has 0 unspecified atom stereocenters. The summed E-state index contributed by atoms with van der Waals surface area (Å²) in [5, 5.41) is 0. The Labute approximate surface area is 156 Å². The summed E-state index contributed by atoms with van der Waals surface area (Å²) in [6.45, 7) is 0. The monoisotopic (exact) mass is 384 g/mol. The number of aromatic nitrogens is 2. The molecule has 0 amide bonds. The first-order valence-electron chi connectivity index (χ1n) is 7.89. The lowest BCUT2D eigenvalue weighted by molar-refractivity contribution is 0.513. The molecule has 0 saturated heterocycles. The van der Waals surface area contributed by atoms with E-state index in [4.69, 9.17) is 12.2 Å². The lowest BCUT2D eigenvalue weighted by Crippen LogP contribution is -2.29. The molecular weight excluding hydrogens is 367 g/mol. The van der Waals surface area contributed by atoms with Crippen LogP contribution in [0.3, 0.4) is 0 Å². The Hall–Kier alpha value is -3.15. The number of allylic oxidation sites excluding steroid dienone is 1. The number of anilines is 1. The van der Waals surface area contributed by atoms with Crippen LogP contribution in [0.2, 0.25) is 0 Å². The summed E-state index contributed by atoms with van der Waals surface area (Å²) in [6, 6.07) is 11.0. The fraction of sp³-hybridized carbons (Fsp3) is 0.105. The van der Waals surface area contributed by atoms with E-state index < -0.39 is 16.0 Å². The van der Waals surface area contributed by atoms with Crippen molar-refractivity contribution in [1.29, 1.82) is 0 Å². The summed E-state index contributed by atoms with van der Waals surface area (Å²) in [6.07, 6.45) is 6.94. The molecule has 2 N–H and O–H groups in total. The van der Waals surface area contributed by atoms with Crippen molar-refractivity contribution in [3.8, 4) is 12.3 Å². The first-order valence-corrected chi connectivity index (χ1v) is 9.29. The van der Waals surface area contributed by atoms with Crippen LogP contribution in [0.1, 0.15) is 11.1 Å². The van der Waals surface area contributed by atoms with Gasteiger partial charge in [0.05, 0.1) is 11.0 Å². The number of hydrogen-bond acceptors (Lipinski definition) is 4. The number of halogens is 1. The van der Waals surface area contributed by atoms with Crippen LogP contribution in [-0.2, 0) is 10.2 Å². The van der Waals surface area contributed by atoms with Crippen molar-refractivity contribution in [2.75, 3.05) is 19.8 Å². The fourth-order valence-corrected chi connectivity index (χ4v) is 3.72. The molecule has 138 valence electrons. The van der Waals surface area contributed by atoms with Crippen LogP contribution in [0, 0.1) is 18.2 Å². The highest BCUT2D eigenvalue weighted by Gasteiger charge is 2.23. The lowest BCUT2D eigenvalue weighted by atomic mass is 9.97. The molecule has 8 heteroatoms. The van der Waals surface area contributed by atoms with Gasteiger partial charge in [-0.05, 0) is 47.0 Å². The Kier molecular flexibility index (Phi) is 4.74. The molecule has 6 nitrogen and oxygen atoms in total. The van der Waals surface area contributed by atoms with Gasteiger partial charge in [0.15, 0.2) is 0 Å². The van der Waals surface area contributed by atoms with Crippen molar-refractivity contribution in [2.45, 2.75) is 0 Å². The van der Waals surface area contributed by atoms with Crippen LogP contribution in [0.4, 0.5) is 10.3 Å². The molecule has 1 heterocycles. The summed E-state index contributed by atoms with van der Waals surface area (Å²) in [7, 11) is -1.07. The van der Waals surface area contributed by atoms with Gasteiger partial charge in [0.1, 0.15) is 5.82 Å². The molecule has 27 heavy (non-hydrogen) atoms. The predicted molar refractivity (Wildman–Crippen MR) is 104 cm³/mol. The number of hydrogen-bond donors (Lipinski definition) is 1. The van der Waals surface area contributed by atoms with Crippen molar-refractivity contribution in [3.05, 3.63) is 65.5 Å². The zero-order chi connectivity index (χ0) is 19.8. The first-order chi connectivity index (χ1) is 12.8. The number of nitrogens with two attached hydrogens (primary N) is 1. The zero-order valence-corrected chi connectivity index (χ0v) is 15.5. The molecule has 0 fully saturated rings. The molecule has 0 aliphatic carbocycles. The van der Waals surface area contributed by atoms with Gasteiger partial charge in [0.25, 0.3) is 0 Å². The number of rotatable bonds is 4. The van der Waals surface area contributed by atoms with Gasteiger partial charge in [-0.3, -0.25) is 0 Å². The third kappa shape index (κ3) is 3.30. The summed E-state index contributed by atoms with van der Waals surface area (Å²) in [4.78, 5) is 4.11. The third-order valence-corrected chi connectivity index (χ3v) is 5.77. The number of imidazole rings is 1. The van der Waals surface area contributed by atoms with Crippen molar-refractivity contribution in [3.63, 3.8) is 0 Å². The van der Waals surface area contributed by atoms with E-state index in [2.05, 4.69) is 10.9 Å². The van der Waals surface area contributed by atoms with E-state index in [1.807, 2.05) is 0 Å². The van der Waals surface area contributed by atoms with Gasteiger partial charge in [-0.25, -0.2) is 9.37 Å². The number of fused-ring (bicyclic) bond motifs is 1. The van der Waals surface area contributed by atoms with E-state index in [9.17, 15) is 12.8 Å². The second-order valence-electron chi connectivity index (χ2n) is 5.96. The molecule has 0 bridgehead atoms. The van der Waals surface area contributed by atoms with Crippen LogP contribution in [0.5, 0.6) is 0 Å². The number of terminal acetylenes is 1. The van der Waals surface area contributed by atoms with Gasteiger partial charge in [-0.15, -0.1) is 6.42 Å². The summed E-state index contributed by atoms with van der Waals surface area (Å²) < 4.78 is 40.9. The van der Waals surface area contributed by atoms with E-state index in [1.54, 1.807) is 30.3 Å². The van der Waals surface area contributed by atoms with E-state index in [-0.39, 0.29) is 5.95 Å². The summed E-state index contributed by atoms with van der Waals surface area (Å²) in [5.41, 5.74) is 8.32. The Balaban J connectivity index is 2.27. The normalized spacial score (nSPS) is 12.5. The second-order valence-corrected chi connectivity index (χ2v) is 7.95. The highest BCUT2D eigenvalue weighted by atomic mass is 32.2. The number of nitrogens with zero attached hydrogens (tertiary/aromatic N) is 3. The first kappa shape index (κ1) is 18.6. The highest BCUT2D eigenvalue weighted by molar-refractivity contribution is 7.87. The Bertz CT molecular complexity index is 1200. The summed E-state index contributed by atoms with van der Waals surface area (Å²) in [5.74, 6) is 1.89. The van der Waals surface area contributed by atoms with Gasteiger partial charge >= 0.3 is 10.2 Å². The lowest BCUT2D eigenvalue weighted by Gasteiger charge is -2.14. The Morgan fingerprint density at radius 1 is 1.26 bits per heavy atom. The molecule has 2 aromatic carbocycles. The van der Waals surface area contributed by atoms with Crippen LogP contribution in [0.25, 0.3) is 16.6 Å². The SMILES string of the molecule is C#C/C=C(\c1cccc(F)c1)c1ccc2nc(N)n(S(=O)(=O)N(C)C)c2c1. The van der Waals surface area contributed by atoms with Crippen molar-refractivity contribution in [1.82, 2.24) is 13.3 Å². The van der Waals surface area contributed by atoms with Crippen molar-refractivity contribution in [2.24, 2.45) is 0 Å². The quantitative estimate of drug-likeness (QED) is 0.701. The van der Waals surface area contributed by atoms with Gasteiger partial charge < -0.3 is 5.73 Å². The van der Waals surface area contributed by atoms with Crippen LogP contribution >= 0.6 is 0 Å². The topological polar surface area (TPSA) is 81.2 Å². The fourth-order valence-electron chi connectivity index (χ4n) is 2.72. The molecule has 0 aliphatic heterocycles. The maximum absolute atomic E-state index is 13.7. The maximum Gasteiger partial charge on any atom is 0.310 e. The second kappa shape index (κ2) is 6.87. The average Bonchev–Trinajstić information content (AvgIpc) is 2.95. The molecular formula is C19H17FN4O2S. The number of nitrogen functional groups attached to an aromatic ring is 1. The van der Waals surface area contributed by atoms with Gasteiger partial charge in [-0.1, -0.05) is 24.1 Å². The molecule has 0 aliphatic rings. The standard InChI is InChI=1S/C19H17FN4O2S/c1-4-6-16(13-7-5-8-15(20)11-13)14-9-10-17-18(12-14)24(19(21)22-17)27(25,26)23(2)3/h1,5-12H,2-3H3,(H2,21,22)/b16-6+. The molecule has 3 aromatic rings. The highest BCUT2D eigenvalue weighted by Crippen LogP contribution is 2.29. The van der Waals surface area contributed by atoms with Gasteiger partial charge in [-0.2, -0.15) is 16.7 Å². The smallest absolute Gasteiger partial charge is 0.310 e. The molecule has 0 saturated carbocycles. The molecule has 3 rings (SSSR count). The van der Waals surface area contributed by atoms with Crippen LogP contribution in [-0.4, -0.2) is 35.8 Å². The number of benzene rings is 2. The van der Waals surface area contributed by atoms with E-state index >= 15 is 0 Å². The van der Waals surface area contributed by atoms with Gasteiger partial charge in [0.2, 0.25) is 5.95 Å². The summed E-state index contributed by atoms with van der Waals surface area (Å²) >= 11 is 0. The maximum atomic E-state index is 13.7. The van der Waals surface area contributed by atoms with E-state index in [0.29, 0.717) is 27.7 Å². The van der Waals surface area contributed by atoms with Crippen molar-refractivity contribution >= 4 is 32.8 Å². The third-order valence-electron chi connectivity index (χ3n) is 4.00. The minimum atomic E-state index is -3.87. The molecule has 0 atom stereocenters. The van der Waals surface area contributed by atoms with Crippen molar-refractivity contribution < 1.29 is 12.8 Å². The predicted octanol–water partition coefficient (Wildman–Crippen LogP) is 2.48. The molecule has 1 aromatic heterocycles. The van der Waals surface area contributed by atoms with Crippen LogP contribution in [0.15, 0.2) is 48.5 Å². The largest absolute Gasteiger partial charge is 0.368 e. The van der Waals surface area contributed by atoms with Gasteiger partial charge in [0, 0.05) is 14.1 Å². The molecule has 0 spiro atoms. The minimum Gasteiger partial charge on any atom is -0.368 e. The zero-order valence-electron chi connectivity index (χ0n) is 14.7. The Morgan fingerprint density at radius 3 is 2.59 bits per heavy atom. The molecule has 0 radical (unpaired) electrons. The van der Waals surface area contributed by atoms with Crippen LogP contribution < -0.4 is 5.73 Å². The minimum absolute atomic E-state index is 0.149. The average molecular weight is 384 g/mol. The Morgan fingerprint density at radius 2 is 1.96 bits per heavy atom. The van der Waals surface area contributed by atoms with E-state index in [1.165, 1.54) is 32.3 Å².